The van der Waals surface area contributed by atoms with Crippen LogP contribution in [0.3, 0.4) is 0 Å². The maximum atomic E-state index is 6.29. The van der Waals surface area contributed by atoms with E-state index in [1.807, 2.05) is 37.3 Å². The number of hydrogen-bond acceptors (Lipinski definition) is 4. The number of fused-ring (bicyclic) bond motifs is 1. The SMILES string of the molecule is COc1ccc2c(C)c(C(N)c3cccnc3)oc2c1. The topological polar surface area (TPSA) is 61.3 Å². The summed E-state index contributed by atoms with van der Waals surface area (Å²) in [6.07, 6.45) is 3.49. The van der Waals surface area contributed by atoms with Crippen LogP contribution in [0.1, 0.15) is 22.9 Å². The lowest BCUT2D eigenvalue weighted by Gasteiger charge is -2.09. The lowest BCUT2D eigenvalue weighted by molar-refractivity contribution is 0.414. The lowest BCUT2D eigenvalue weighted by atomic mass is 10.0. The Kier molecular flexibility index (Phi) is 3.16. The van der Waals surface area contributed by atoms with Gasteiger partial charge in [0.25, 0.3) is 0 Å². The van der Waals surface area contributed by atoms with Gasteiger partial charge in [0.05, 0.1) is 13.2 Å². The fourth-order valence-electron chi connectivity index (χ4n) is 2.36. The second-order valence-corrected chi connectivity index (χ2v) is 4.72. The first kappa shape index (κ1) is 12.7. The summed E-state index contributed by atoms with van der Waals surface area (Å²) in [5.41, 5.74) is 9.06. The predicted molar refractivity (Wildman–Crippen MR) is 77.8 cm³/mol. The summed E-state index contributed by atoms with van der Waals surface area (Å²) in [4.78, 5) is 4.10. The van der Waals surface area contributed by atoms with Gasteiger partial charge in [-0.3, -0.25) is 4.98 Å². The molecule has 2 aromatic heterocycles. The highest BCUT2D eigenvalue weighted by atomic mass is 16.5. The molecule has 0 fully saturated rings. The van der Waals surface area contributed by atoms with Crippen molar-refractivity contribution >= 4 is 11.0 Å². The molecule has 0 saturated carbocycles. The van der Waals surface area contributed by atoms with E-state index in [1.165, 1.54) is 0 Å². The molecule has 1 atom stereocenters. The number of nitrogens with two attached hydrogens (primary N) is 1. The summed E-state index contributed by atoms with van der Waals surface area (Å²) in [5, 5.41) is 1.06. The zero-order chi connectivity index (χ0) is 14.1. The molecule has 2 N–H and O–H groups in total. The number of aromatic nitrogens is 1. The van der Waals surface area contributed by atoms with Crippen LogP contribution in [0.4, 0.5) is 0 Å². The quantitative estimate of drug-likeness (QED) is 0.792. The van der Waals surface area contributed by atoms with Gasteiger partial charge in [-0.15, -0.1) is 0 Å². The second-order valence-electron chi connectivity index (χ2n) is 4.72. The molecule has 0 aliphatic carbocycles. The minimum Gasteiger partial charge on any atom is -0.497 e. The van der Waals surface area contributed by atoms with Crippen molar-refractivity contribution in [3.8, 4) is 5.75 Å². The van der Waals surface area contributed by atoms with Crippen LogP contribution in [0, 0.1) is 6.92 Å². The van der Waals surface area contributed by atoms with Gasteiger partial charge in [0.2, 0.25) is 0 Å². The summed E-state index contributed by atoms with van der Waals surface area (Å²) in [6, 6.07) is 9.29. The highest BCUT2D eigenvalue weighted by Crippen LogP contribution is 2.33. The molecule has 0 bridgehead atoms. The highest BCUT2D eigenvalue weighted by Gasteiger charge is 2.19. The van der Waals surface area contributed by atoms with Gasteiger partial charge in [0.15, 0.2) is 0 Å². The number of benzene rings is 1. The van der Waals surface area contributed by atoms with Crippen molar-refractivity contribution in [2.75, 3.05) is 7.11 Å². The predicted octanol–water partition coefficient (Wildman–Crippen LogP) is 3.19. The van der Waals surface area contributed by atoms with E-state index in [-0.39, 0.29) is 6.04 Å². The number of aryl methyl sites for hydroxylation is 1. The van der Waals surface area contributed by atoms with Crippen LogP contribution in [0.15, 0.2) is 47.1 Å². The zero-order valence-electron chi connectivity index (χ0n) is 11.5. The molecule has 102 valence electrons. The Labute approximate surface area is 117 Å². The summed E-state index contributed by atoms with van der Waals surface area (Å²) < 4.78 is 11.1. The molecule has 1 unspecified atom stereocenters. The second kappa shape index (κ2) is 4.98. The van der Waals surface area contributed by atoms with Crippen LogP contribution in [-0.4, -0.2) is 12.1 Å². The van der Waals surface area contributed by atoms with E-state index in [0.717, 1.165) is 33.6 Å². The third kappa shape index (κ3) is 2.04. The van der Waals surface area contributed by atoms with Crippen molar-refractivity contribution < 1.29 is 9.15 Å². The van der Waals surface area contributed by atoms with Gasteiger partial charge in [-0.2, -0.15) is 0 Å². The van der Waals surface area contributed by atoms with E-state index in [2.05, 4.69) is 4.98 Å². The molecule has 3 aromatic rings. The molecule has 4 nitrogen and oxygen atoms in total. The summed E-state index contributed by atoms with van der Waals surface area (Å²) >= 11 is 0. The average molecular weight is 268 g/mol. The molecule has 3 rings (SSSR count). The smallest absolute Gasteiger partial charge is 0.138 e. The van der Waals surface area contributed by atoms with Gasteiger partial charge in [-0.25, -0.2) is 0 Å². The first-order valence-corrected chi connectivity index (χ1v) is 6.43. The third-order valence-electron chi connectivity index (χ3n) is 3.51. The minimum absolute atomic E-state index is 0.318. The lowest BCUT2D eigenvalue weighted by Crippen LogP contribution is -2.12. The van der Waals surface area contributed by atoms with Crippen LogP contribution < -0.4 is 10.5 Å². The van der Waals surface area contributed by atoms with E-state index in [0.29, 0.717) is 0 Å². The normalized spacial score (nSPS) is 12.6. The molecule has 2 heterocycles. The molecule has 0 spiro atoms. The molecule has 0 aliphatic heterocycles. The Morgan fingerprint density at radius 1 is 1.30 bits per heavy atom. The van der Waals surface area contributed by atoms with Gasteiger partial charge in [0, 0.05) is 29.4 Å². The van der Waals surface area contributed by atoms with Crippen LogP contribution in [-0.2, 0) is 0 Å². The van der Waals surface area contributed by atoms with E-state index >= 15 is 0 Å². The Morgan fingerprint density at radius 2 is 2.15 bits per heavy atom. The van der Waals surface area contributed by atoms with E-state index in [9.17, 15) is 0 Å². The van der Waals surface area contributed by atoms with Gasteiger partial charge in [-0.05, 0) is 30.7 Å². The highest BCUT2D eigenvalue weighted by molar-refractivity contribution is 5.83. The Balaban J connectivity index is 2.10. The Bertz CT molecular complexity index is 735. The zero-order valence-corrected chi connectivity index (χ0v) is 11.5. The van der Waals surface area contributed by atoms with Crippen molar-refractivity contribution in [1.82, 2.24) is 4.98 Å². The molecule has 0 aliphatic rings. The number of rotatable bonds is 3. The molecule has 0 amide bonds. The fraction of sp³-hybridized carbons (Fsp3) is 0.188. The van der Waals surface area contributed by atoms with E-state index in [1.54, 1.807) is 19.5 Å². The van der Waals surface area contributed by atoms with Crippen molar-refractivity contribution in [2.45, 2.75) is 13.0 Å². The van der Waals surface area contributed by atoms with Crippen molar-refractivity contribution in [3.05, 3.63) is 59.6 Å². The summed E-state index contributed by atoms with van der Waals surface area (Å²) in [5.74, 6) is 1.54. The number of ether oxygens (including phenoxy) is 1. The molecule has 0 saturated heterocycles. The van der Waals surface area contributed by atoms with Gasteiger partial charge >= 0.3 is 0 Å². The van der Waals surface area contributed by atoms with Crippen LogP contribution in [0.5, 0.6) is 5.75 Å². The fourth-order valence-corrected chi connectivity index (χ4v) is 2.36. The number of hydrogen-bond donors (Lipinski definition) is 1. The number of pyridine rings is 1. The van der Waals surface area contributed by atoms with Crippen LogP contribution >= 0.6 is 0 Å². The van der Waals surface area contributed by atoms with Crippen molar-refractivity contribution in [1.29, 1.82) is 0 Å². The van der Waals surface area contributed by atoms with Gasteiger partial charge in [-0.1, -0.05) is 6.07 Å². The van der Waals surface area contributed by atoms with Crippen LogP contribution in [0.2, 0.25) is 0 Å². The van der Waals surface area contributed by atoms with Gasteiger partial charge in [0.1, 0.15) is 17.1 Å². The first-order valence-electron chi connectivity index (χ1n) is 6.43. The maximum Gasteiger partial charge on any atom is 0.138 e. The monoisotopic (exact) mass is 268 g/mol. The molecular formula is C16H16N2O2. The van der Waals surface area contributed by atoms with Crippen molar-refractivity contribution in [2.24, 2.45) is 5.73 Å². The largest absolute Gasteiger partial charge is 0.497 e. The molecule has 20 heavy (non-hydrogen) atoms. The van der Waals surface area contributed by atoms with Gasteiger partial charge < -0.3 is 14.9 Å². The number of methoxy groups -OCH3 is 1. The minimum atomic E-state index is -0.318. The average Bonchev–Trinajstić information content (AvgIpc) is 2.84. The van der Waals surface area contributed by atoms with Crippen LogP contribution in [0.25, 0.3) is 11.0 Å². The Hall–Kier alpha value is -2.33. The standard InChI is InChI=1S/C16H16N2O2/c1-10-13-6-5-12(19-2)8-14(13)20-16(10)15(17)11-4-3-7-18-9-11/h3-9,15H,17H2,1-2H3. The van der Waals surface area contributed by atoms with E-state index < -0.39 is 0 Å². The number of nitrogens with zero attached hydrogens (tertiary/aromatic N) is 1. The molecular weight excluding hydrogens is 252 g/mol. The summed E-state index contributed by atoms with van der Waals surface area (Å²) in [6.45, 7) is 2.02. The molecule has 4 heteroatoms. The van der Waals surface area contributed by atoms with E-state index in [4.69, 9.17) is 14.9 Å². The third-order valence-corrected chi connectivity index (χ3v) is 3.51. The number of furan rings is 1. The Morgan fingerprint density at radius 3 is 2.85 bits per heavy atom. The maximum absolute atomic E-state index is 6.29. The molecule has 0 radical (unpaired) electrons. The van der Waals surface area contributed by atoms with Crippen molar-refractivity contribution in [3.63, 3.8) is 0 Å². The first-order chi connectivity index (χ1) is 9.70. The summed E-state index contributed by atoms with van der Waals surface area (Å²) in [7, 11) is 1.64. The molecule has 1 aromatic carbocycles.